The van der Waals surface area contributed by atoms with Crippen molar-refractivity contribution in [3.05, 3.63) is 53.6 Å². The van der Waals surface area contributed by atoms with E-state index >= 15 is 0 Å². The summed E-state index contributed by atoms with van der Waals surface area (Å²) < 4.78 is 26.2. The molecule has 2 amide bonds. The highest BCUT2D eigenvalue weighted by atomic mass is 32.2. The lowest BCUT2D eigenvalue weighted by atomic mass is 10.1. The van der Waals surface area contributed by atoms with Crippen LogP contribution >= 0.6 is 0 Å². The van der Waals surface area contributed by atoms with Crippen molar-refractivity contribution in [3.63, 3.8) is 0 Å². The van der Waals surface area contributed by atoms with E-state index in [1.807, 2.05) is 6.07 Å². The molecule has 2 aromatic carbocycles. The fourth-order valence-corrected chi connectivity index (χ4v) is 5.13. The average Bonchev–Trinajstić information content (AvgIpc) is 3.34. The quantitative estimate of drug-likeness (QED) is 0.794. The molecule has 0 bridgehead atoms. The minimum atomic E-state index is -3.71. The number of carbonyl (C=O) groups excluding carboxylic acids is 2. The second kappa shape index (κ2) is 7.85. The van der Waals surface area contributed by atoms with Crippen molar-refractivity contribution in [1.82, 2.24) is 4.31 Å². The number of sulfonamides is 1. The lowest BCUT2D eigenvalue weighted by molar-refractivity contribution is -0.122. The Morgan fingerprint density at radius 3 is 2.60 bits per heavy atom. The van der Waals surface area contributed by atoms with Gasteiger partial charge in [0.1, 0.15) is 4.90 Å². The molecule has 158 valence electrons. The minimum Gasteiger partial charge on any atom is -0.325 e. The van der Waals surface area contributed by atoms with Gasteiger partial charge in [-0.2, -0.15) is 0 Å². The van der Waals surface area contributed by atoms with Gasteiger partial charge < -0.3 is 10.2 Å². The maximum Gasteiger partial charge on any atom is 0.244 e. The molecule has 1 atom stereocenters. The maximum absolute atomic E-state index is 12.9. The second-order valence-corrected chi connectivity index (χ2v) is 10.1. The second-order valence-electron chi connectivity index (χ2n) is 7.98. The first-order valence-electron chi connectivity index (χ1n) is 10.0. The van der Waals surface area contributed by atoms with Gasteiger partial charge in [-0.25, -0.2) is 12.7 Å². The summed E-state index contributed by atoms with van der Waals surface area (Å²) in [5.74, 6) is -0.989. The molecule has 0 spiro atoms. The van der Waals surface area contributed by atoms with Crippen molar-refractivity contribution in [1.29, 1.82) is 0 Å². The summed E-state index contributed by atoms with van der Waals surface area (Å²) in [6, 6.07) is 12.4. The first-order chi connectivity index (χ1) is 14.3. The Kier molecular flexibility index (Phi) is 5.38. The van der Waals surface area contributed by atoms with Crippen LogP contribution < -0.4 is 10.2 Å². The van der Waals surface area contributed by atoms with Crippen LogP contribution in [0.2, 0.25) is 0 Å². The summed E-state index contributed by atoms with van der Waals surface area (Å²) in [6.45, 7) is 0.284. The molecule has 4 rings (SSSR count). The summed E-state index contributed by atoms with van der Waals surface area (Å²) in [4.78, 5) is 27.2. The number of para-hydroxylation sites is 1. The molecule has 1 unspecified atom stereocenters. The molecular formula is C22H25N3O4S. The summed E-state index contributed by atoms with van der Waals surface area (Å²) in [6.07, 6.45) is 3.33. The van der Waals surface area contributed by atoms with Gasteiger partial charge >= 0.3 is 0 Å². The Balaban J connectivity index is 1.52. The van der Waals surface area contributed by atoms with Crippen molar-refractivity contribution >= 4 is 33.2 Å². The number of amides is 2. The molecule has 8 heteroatoms. The third-order valence-electron chi connectivity index (χ3n) is 5.79. The molecule has 0 saturated carbocycles. The summed E-state index contributed by atoms with van der Waals surface area (Å²) in [5, 5.41) is 2.72. The molecule has 2 aliphatic rings. The standard InChI is InChI=1S/C22H25N3O4S/c1-24(2)30(28,29)20-9-4-3-8-19(20)23-22(27)17-13-21(26)25(14-17)18-11-10-15-6-5-7-16(15)12-18/h3-4,8-12,17H,5-7,13-14H2,1-2H3,(H,23,27). The Morgan fingerprint density at radius 2 is 1.83 bits per heavy atom. The lowest BCUT2D eigenvalue weighted by Gasteiger charge is -2.19. The number of nitrogens with one attached hydrogen (secondary N) is 1. The number of nitrogens with zero attached hydrogens (tertiary/aromatic N) is 2. The molecule has 2 aromatic rings. The fraction of sp³-hybridized carbons (Fsp3) is 0.364. The van der Waals surface area contributed by atoms with Crippen LogP contribution in [-0.2, 0) is 32.5 Å². The van der Waals surface area contributed by atoms with Crippen LogP contribution in [0.1, 0.15) is 24.0 Å². The van der Waals surface area contributed by atoms with Gasteiger partial charge in [0.05, 0.1) is 11.6 Å². The van der Waals surface area contributed by atoms with Crippen molar-refractivity contribution in [2.75, 3.05) is 30.9 Å². The first kappa shape index (κ1) is 20.6. The number of hydrogen-bond donors (Lipinski definition) is 1. The molecule has 1 heterocycles. The molecule has 7 nitrogen and oxygen atoms in total. The van der Waals surface area contributed by atoms with Gasteiger partial charge in [-0.15, -0.1) is 0 Å². The number of carbonyl (C=O) groups is 2. The van der Waals surface area contributed by atoms with Crippen LogP contribution in [0.25, 0.3) is 0 Å². The van der Waals surface area contributed by atoms with Gasteiger partial charge in [0.2, 0.25) is 21.8 Å². The maximum atomic E-state index is 12.9. The van der Waals surface area contributed by atoms with Crippen LogP contribution in [0.5, 0.6) is 0 Å². The van der Waals surface area contributed by atoms with Gasteiger partial charge in [0.25, 0.3) is 0 Å². The Labute approximate surface area is 176 Å². The molecule has 0 aromatic heterocycles. The van der Waals surface area contributed by atoms with E-state index in [0.717, 1.165) is 29.3 Å². The number of fused-ring (bicyclic) bond motifs is 1. The zero-order chi connectivity index (χ0) is 21.5. The minimum absolute atomic E-state index is 0.0307. The van der Waals surface area contributed by atoms with E-state index in [0.29, 0.717) is 0 Å². The zero-order valence-electron chi connectivity index (χ0n) is 17.1. The topological polar surface area (TPSA) is 86.8 Å². The smallest absolute Gasteiger partial charge is 0.244 e. The third kappa shape index (κ3) is 3.73. The first-order valence-corrected chi connectivity index (χ1v) is 11.5. The van der Waals surface area contributed by atoms with Crippen LogP contribution in [0.4, 0.5) is 11.4 Å². The molecule has 0 radical (unpaired) electrons. The van der Waals surface area contributed by atoms with Crippen molar-refractivity contribution in [3.8, 4) is 0 Å². The molecule has 30 heavy (non-hydrogen) atoms. The van der Waals surface area contributed by atoms with Gasteiger partial charge in [-0.05, 0) is 54.7 Å². The monoisotopic (exact) mass is 427 g/mol. The van der Waals surface area contributed by atoms with E-state index < -0.39 is 15.9 Å². The van der Waals surface area contributed by atoms with Gasteiger partial charge in [-0.1, -0.05) is 18.2 Å². The summed E-state index contributed by atoms with van der Waals surface area (Å²) in [7, 11) is -0.821. The van der Waals surface area contributed by atoms with Crippen molar-refractivity contribution in [2.45, 2.75) is 30.6 Å². The number of rotatable bonds is 5. The largest absolute Gasteiger partial charge is 0.325 e. The highest BCUT2D eigenvalue weighted by Crippen LogP contribution is 2.31. The Bertz CT molecular complexity index is 1110. The molecule has 1 saturated heterocycles. The fourth-order valence-electron chi connectivity index (χ4n) is 4.09. The molecule has 1 N–H and O–H groups in total. The lowest BCUT2D eigenvalue weighted by Crippen LogP contribution is -2.29. The zero-order valence-corrected chi connectivity index (χ0v) is 17.9. The number of aryl methyl sites for hydroxylation is 2. The van der Waals surface area contributed by atoms with Gasteiger partial charge in [0, 0.05) is 32.7 Å². The predicted octanol–water partition coefficient (Wildman–Crippen LogP) is 2.42. The highest BCUT2D eigenvalue weighted by Gasteiger charge is 2.36. The highest BCUT2D eigenvalue weighted by molar-refractivity contribution is 7.89. The van der Waals surface area contributed by atoms with Crippen molar-refractivity contribution < 1.29 is 18.0 Å². The molecule has 1 aliphatic carbocycles. The van der Waals surface area contributed by atoms with E-state index in [1.165, 1.54) is 31.3 Å². The summed E-state index contributed by atoms with van der Waals surface area (Å²) in [5.41, 5.74) is 3.65. The van der Waals surface area contributed by atoms with E-state index in [9.17, 15) is 18.0 Å². The van der Waals surface area contributed by atoms with E-state index in [4.69, 9.17) is 0 Å². The third-order valence-corrected chi connectivity index (χ3v) is 7.67. The predicted molar refractivity (Wildman–Crippen MR) is 115 cm³/mol. The number of hydrogen-bond acceptors (Lipinski definition) is 4. The van der Waals surface area contributed by atoms with Gasteiger partial charge in [0.15, 0.2) is 0 Å². The van der Waals surface area contributed by atoms with E-state index in [-0.39, 0.29) is 35.4 Å². The van der Waals surface area contributed by atoms with Crippen molar-refractivity contribution in [2.24, 2.45) is 5.92 Å². The van der Waals surface area contributed by atoms with E-state index in [1.54, 1.807) is 23.1 Å². The Morgan fingerprint density at radius 1 is 1.10 bits per heavy atom. The van der Waals surface area contributed by atoms with Gasteiger partial charge in [-0.3, -0.25) is 9.59 Å². The van der Waals surface area contributed by atoms with Crippen LogP contribution in [0, 0.1) is 5.92 Å². The van der Waals surface area contributed by atoms with E-state index in [2.05, 4.69) is 17.4 Å². The number of anilines is 2. The normalized spacial score (nSPS) is 18.7. The average molecular weight is 428 g/mol. The summed E-state index contributed by atoms with van der Waals surface area (Å²) >= 11 is 0. The SMILES string of the molecule is CN(C)S(=O)(=O)c1ccccc1NC(=O)C1CC(=O)N(c2ccc3c(c2)CCC3)C1. The number of benzene rings is 2. The molecule has 1 aliphatic heterocycles. The van der Waals surface area contributed by atoms with Crippen LogP contribution in [-0.4, -0.2) is 45.2 Å². The molecular weight excluding hydrogens is 402 g/mol. The Hall–Kier alpha value is -2.71. The molecule has 1 fully saturated rings. The van der Waals surface area contributed by atoms with Crippen LogP contribution in [0.3, 0.4) is 0 Å². The van der Waals surface area contributed by atoms with Crippen LogP contribution in [0.15, 0.2) is 47.4 Å².